The predicted molar refractivity (Wildman–Crippen MR) is 161 cm³/mol. The molecule has 1 aliphatic heterocycles. The first kappa shape index (κ1) is 27.0. The molecule has 41 heavy (non-hydrogen) atoms. The summed E-state index contributed by atoms with van der Waals surface area (Å²) in [5.41, 5.74) is 4.70. The third-order valence-electron chi connectivity index (χ3n) is 7.04. The van der Waals surface area contributed by atoms with E-state index < -0.39 is 0 Å². The SMILES string of the molecule is Cc1ccc(Cc2nc(N3CCCN(C(=O)Nc4ccc(Cl)cc4Cl)CC3)c3c(-c4cccnc4)noc3n2)cc1. The van der Waals surface area contributed by atoms with Crippen LogP contribution in [0.3, 0.4) is 0 Å². The summed E-state index contributed by atoms with van der Waals surface area (Å²) in [5, 5.41) is 8.91. The molecule has 4 heterocycles. The van der Waals surface area contributed by atoms with Gasteiger partial charge in [-0.05, 0) is 49.2 Å². The van der Waals surface area contributed by atoms with Crippen LogP contribution in [0, 0.1) is 6.92 Å². The Hall–Kier alpha value is -4.21. The second-order valence-corrected chi connectivity index (χ2v) is 10.8. The highest BCUT2D eigenvalue weighted by Gasteiger charge is 2.26. The van der Waals surface area contributed by atoms with E-state index in [1.54, 1.807) is 35.5 Å². The molecule has 0 atom stereocenters. The third-order valence-corrected chi connectivity index (χ3v) is 7.58. The molecule has 1 N–H and O–H groups in total. The Bertz CT molecular complexity index is 1690. The largest absolute Gasteiger partial charge is 0.354 e. The summed E-state index contributed by atoms with van der Waals surface area (Å²) >= 11 is 12.3. The van der Waals surface area contributed by atoms with Crippen LogP contribution >= 0.6 is 23.2 Å². The van der Waals surface area contributed by atoms with Gasteiger partial charge in [-0.25, -0.2) is 9.78 Å². The first-order valence-corrected chi connectivity index (χ1v) is 14.1. The highest BCUT2D eigenvalue weighted by atomic mass is 35.5. The van der Waals surface area contributed by atoms with Crippen LogP contribution in [0.5, 0.6) is 0 Å². The quantitative estimate of drug-likeness (QED) is 0.246. The van der Waals surface area contributed by atoms with Crippen LogP contribution in [0.4, 0.5) is 16.3 Å². The summed E-state index contributed by atoms with van der Waals surface area (Å²) in [6.07, 6.45) is 4.76. The van der Waals surface area contributed by atoms with Crippen molar-refractivity contribution in [2.24, 2.45) is 0 Å². The topological polar surface area (TPSA) is 100 Å². The summed E-state index contributed by atoms with van der Waals surface area (Å²) in [6, 6.07) is 16.9. The molecule has 1 aliphatic rings. The van der Waals surface area contributed by atoms with Crippen molar-refractivity contribution in [1.29, 1.82) is 0 Å². The molecule has 0 saturated carbocycles. The summed E-state index contributed by atoms with van der Waals surface area (Å²) in [7, 11) is 0. The Labute approximate surface area is 247 Å². The summed E-state index contributed by atoms with van der Waals surface area (Å²) in [5.74, 6) is 1.38. The number of nitrogens with zero attached hydrogens (tertiary/aromatic N) is 6. The van der Waals surface area contributed by atoms with E-state index in [1.807, 2.05) is 12.1 Å². The standard InChI is InChI=1S/C30H27Cl2N7O2/c1-19-5-7-20(8-6-19)16-25-35-28(26-27(37-41-29(26)36-25)21-4-2-11-33-18-21)38-12-3-13-39(15-14-38)30(40)34-24-10-9-22(31)17-23(24)32/h2,4-11,17-18H,3,12-16H2,1H3,(H,34,40). The number of urea groups is 1. The van der Waals surface area contributed by atoms with Gasteiger partial charge in [-0.2, -0.15) is 4.98 Å². The van der Waals surface area contributed by atoms with E-state index in [0.29, 0.717) is 65.6 Å². The van der Waals surface area contributed by atoms with Crippen molar-refractivity contribution in [1.82, 2.24) is 25.0 Å². The van der Waals surface area contributed by atoms with Crippen LogP contribution in [0.15, 0.2) is 71.5 Å². The minimum absolute atomic E-state index is 0.218. The maximum absolute atomic E-state index is 13.1. The molecule has 9 nitrogen and oxygen atoms in total. The van der Waals surface area contributed by atoms with Crippen molar-refractivity contribution in [3.8, 4) is 11.3 Å². The van der Waals surface area contributed by atoms with Crippen LogP contribution in [-0.2, 0) is 6.42 Å². The Kier molecular flexibility index (Phi) is 7.71. The van der Waals surface area contributed by atoms with Crippen LogP contribution in [0.2, 0.25) is 10.0 Å². The van der Waals surface area contributed by atoms with Crippen molar-refractivity contribution in [3.05, 3.63) is 94.0 Å². The summed E-state index contributed by atoms with van der Waals surface area (Å²) in [4.78, 5) is 31.1. The minimum atomic E-state index is -0.218. The fourth-order valence-electron chi connectivity index (χ4n) is 4.89. The third kappa shape index (κ3) is 5.96. The molecule has 5 aromatic rings. The molecule has 0 aliphatic carbocycles. The van der Waals surface area contributed by atoms with Crippen molar-refractivity contribution in [2.75, 3.05) is 36.4 Å². The first-order valence-electron chi connectivity index (χ1n) is 13.3. The number of carbonyl (C=O) groups is 1. The Morgan fingerprint density at radius 2 is 1.88 bits per heavy atom. The molecule has 0 bridgehead atoms. The van der Waals surface area contributed by atoms with Crippen LogP contribution in [-0.4, -0.2) is 57.2 Å². The van der Waals surface area contributed by atoms with E-state index in [2.05, 4.69) is 51.5 Å². The number of benzene rings is 2. The Morgan fingerprint density at radius 3 is 2.66 bits per heavy atom. The monoisotopic (exact) mass is 587 g/mol. The zero-order chi connectivity index (χ0) is 28.3. The lowest BCUT2D eigenvalue weighted by Gasteiger charge is -2.24. The maximum Gasteiger partial charge on any atom is 0.321 e. The molecule has 1 saturated heterocycles. The second kappa shape index (κ2) is 11.7. The highest BCUT2D eigenvalue weighted by molar-refractivity contribution is 6.36. The number of rotatable bonds is 5. The van der Waals surface area contributed by atoms with Gasteiger partial charge in [0.05, 0.1) is 10.7 Å². The number of carbonyl (C=O) groups excluding carboxylic acids is 1. The zero-order valence-corrected chi connectivity index (χ0v) is 23.9. The van der Waals surface area contributed by atoms with E-state index in [0.717, 1.165) is 28.8 Å². The van der Waals surface area contributed by atoms with Crippen LogP contribution in [0.1, 0.15) is 23.4 Å². The van der Waals surface area contributed by atoms with E-state index in [9.17, 15) is 4.79 Å². The highest BCUT2D eigenvalue weighted by Crippen LogP contribution is 2.34. The lowest BCUT2D eigenvalue weighted by molar-refractivity contribution is 0.215. The molecule has 208 valence electrons. The van der Waals surface area contributed by atoms with Gasteiger partial charge >= 0.3 is 6.03 Å². The number of halogens is 2. The number of amides is 2. The number of nitrogens with one attached hydrogen (secondary N) is 1. The Morgan fingerprint density at radius 1 is 1.02 bits per heavy atom. The van der Waals surface area contributed by atoms with Crippen LogP contribution < -0.4 is 10.2 Å². The van der Waals surface area contributed by atoms with Gasteiger partial charge in [-0.1, -0.05) is 58.2 Å². The van der Waals surface area contributed by atoms with Crippen molar-refractivity contribution in [3.63, 3.8) is 0 Å². The molecule has 2 aromatic carbocycles. The number of anilines is 2. The van der Waals surface area contributed by atoms with Gasteiger partial charge in [-0.3, -0.25) is 4.98 Å². The van der Waals surface area contributed by atoms with Crippen LogP contribution in [0.25, 0.3) is 22.4 Å². The van der Waals surface area contributed by atoms with Crippen molar-refractivity contribution >= 4 is 51.8 Å². The number of hydrogen-bond acceptors (Lipinski definition) is 7. The van der Waals surface area contributed by atoms with Crippen molar-refractivity contribution in [2.45, 2.75) is 19.8 Å². The van der Waals surface area contributed by atoms with Gasteiger partial charge in [0.1, 0.15) is 22.7 Å². The first-order chi connectivity index (χ1) is 19.9. The normalized spacial score (nSPS) is 13.8. The van der Waals surface area contributed by atoms with Gasteiger partial charge in [0, 0.05) is 55.6 Å². The average molecular weight is 588 g/mol. The molecular formula is C30H27Cl2N7O2. The van der Waals surface area contributed by atoms with Gasteiger partial charge in [0.25, 0.3) is 5.71 Å². The lowest BCUT2D eigenvalue weighted by atomic mass is 10.1. The second-order valence-electron chi connectivity index (χ2n) is 9.96. The van der Waals surface area contributed by atoms with Gasteiger partial charge < -0.3 is 19.6 Å². The number of hydrogen-bond donors (Lipinski definition) is 1. The summed E-state index contributed by atoms with van der Waals surface area (Å²) < 4.78 is 5.76. The molecule has 3 aromatic heterocycles. The summed E-state index contributed by atoms with van der Waals surface area (Å²) in [6.45, 7) is 4.39. The Balaban J connectivity index is 1.30. The number of fused-ring (bicyclic) bond motifs is 1. The fourth-order valence-corrected chi connectivity index (χ4v) is 5.35. The van der Waals surface area contributed by atoms with Crippen molar-refractivity contribution < 1.29 is 9.32 Å². The smallest absolute Gasteiger partial charge is 0.321 e. The molecule has 0 unspecified atom stereocenters. The van der Waals surface area contributed by atoms with Gasteiger partial charge in [0.15, 0.2) is 0 Å². The predicted octanol–water partition coefficient (Wildman–Crippen LogP) is 6.63. The molecule has 1 fully saturated rings. The zero-order valence-electron chi connectivity index (χ0n) is 22.3. The molecular weight excluding hydrogens is 561 g/mol. The number of pyridine rings is 1. The van der Waals surface area contributed by atoms with E-state index in [1.165, 1.54) is 5.56 Å². The molecule has 0 radical (unpaired) electrons. The molecule has 0 spiro atoms. The maximum atomic E-state index is 13.1. The average Bonchev–Trinajstić information content (AvgIpc) is 3.24. The van der Waals surface area contributed by atoms with E-state index in [-0.39, 0.29) is 6.03 Å². The minimum Gasteiger partial charge on any atom is -0.354 e. The number of aryl methyl sites for hydroxylation is 1. The lowest BCUT2D eigenvalue weighted by Crippen LogP contribution is -2.38. The molecule has 6 rings (SSSR count). The molecule has 2 amide bonds. The number of aromatic nitrogens is 4. The van der Waals surface area contributed by atoms with Gasteiger partial charge in [0.2, 0.25) is 0 Å². The van der Waals surface area contributed by atoms with E-state index >= 15 is 0 Å². The van der Waals surface area contributed by atoms with E-state index in [4.69, 9.17) is 37.7 Å². The molecule has 11 heteroatoms. The fraction of sp³-hybridized carbons (Fsp3) is 0.233. The van der Waals surface area contributed by atoms with Gasteiger partial charge in [-0.15, -0.1) is 0 Å².